The van der Waals surface area contributed by atoms with Crippen molar-refractivity contribution in [3.63, 3.8) is 0 Å². The van der Waals surface area contributed by atoms with Crippen molar-refractivity contribution in [1.82, 2.24) is 15.3 Å². The standard InChI is InChI=1S/C11H17N5O3/c1-12-5-8-3-4-15(6-8)10-9(16(17)18)11(19-2)14-7-13-10/h7-8,12H,3-6H2,1-2H3. The Bertz CT molecular complexity index is 468. The number of ether oxygens (including phenoxy) is 1. The second-order valence-electron chi connectivity index (χ2n) is 4.47. The van der Waals surface area contributed by atoms with Crippen LogP contribution in [0.3, 0.4) is 0 Å². The van der Waals surface area contributed by atoms with Gasteiger partial charge in [-0.3, -0.25) is 10.1 Å². The van der Waals surface area contributed by atoms with Gasteiger partial charge in [-0.25, -0.2) is 4.98 Å². The van der Waals surface area contributed by atoms with E-state index in [1.54, 1.807) is 0 Å². The molecule has 1 saturated heterocycles. The zero-order valence-electron chi connectivity index (χ0n) is 11.0. The van der Waals surface area contributed by atoms with Gasteiger partial charge in [-0.2, -0.15) is 4.98 Å². The van der Waals surface area contributed by atoms with Gasteiger partial charge < -0.3 is 15.0 Å². The maximum absolute atomic E-state index is 11.2. The molecule has 1 atom stereocenters. The van der Waals surface area contributed by atoms with Crippen LogP contribution in [0.4, 0.5) is 11.5 Å². The van der Waals surface area contributed by atoms with Crippen LogP contribution in [0.2, 0.25) is 0 Å². The number of aromatic nitrogens is 2. The van der Waals surface area contributed by atoms with Crippen molar-refractivity contribution in [1.29, 1.82) is 0 Å². The summed E-state index contributed by atoms with van der Waals surface area (Å²) in [7, 11) is 3.27. The topological polar surface area (TPSA) is 93.4 Å². The fraction of sp³-hybridized carbons (Fsp3) is 0.636. The van der Waals surface area contributed by atoms with Crippen LogP contribution in [0.1, 0.15) is 6.42 Å². The van der Waals surface area contributed by atoms with Crippen molar-refractivity contribution < 1.29 is 9.66 Å². The summed E-state index contributed by atoms with van der Waals surface area (Å²) in [6.45, 7) is 2.40. The Kier molecular flexibility index (Phi) is 4.10. The van der Waals surface area contributed by atoms with E-state index in [9.17, 15) is 10.1 Å². The molecule has 1 unspecified atom stereocenters. The Morgan fingerprint density at radius 3 is 3.05 bits per heavy atom. The van der Waals surface area contributed by atoms with Gasteiger partial charge in [-0.05, 0) is 25.9 Å². The number of methoxy groups -OCH3 is 1. The van der Waals surface area contributed by atoms with Crippen molar-refractivity contribution in [2.45, 2.75) is 6.42 Å². The molecule has 0 bridgehead atoms. The third-order valence-corrected chi connectivity index (χ3v) is 3.22. The summed E-state index contributed by atoms with van der Waals surface area (Å²) in [5, 5.41) is 14.3. The highest BCUT2D eigenvalue weighted by atomic mass is 16.6. The summed E-state index contributed by atoms with van der Waals surface area (Å²) in [6.07, 6.45) is 2.29. The second-order valence-corrected chi connectivity index (χ2v) is 4.47. The molecule has 0 aromatic carbocycles. The van der Waals surface area contributed by atoms with Gasteiger partial charge in [-0.1, -0.05) is 0 Å². The van der Waals surface area contributed by atoms with Crippen molar-refractivity contribution in [3.05, 3.63) is 16.4 Å². The SMILES string of the molecule is CNCC1CCN(c2ncnc(OC)c2[N+](=O)[O-])C1. The summed E-state index contributed by atoms with van der Waals surface area (Å²) in [5.41, 5.74) is -0.157. The van der Waals surface area contributed by atoms with Crippen LogP contribution in [0.5, 0.6) is 5.88 Å². The summed E-state index contributed by atoms with van der Waals surface area (Å²) < 4.78 is 4.95. The van der Waals surface area contributed by atoms with E-state index in [2.05, 4.69) is 15.3 Å². The summed E-state index contributed by atoms with van der Waals surface area (Å²) in [6, 6.07) is 0. The minimum absolute atomic E-state index is 0.00654. The molecule has 1 aliphatic rings. The zero-order chi connectivity index (χ0) is 13.8. The van der Waals surface area contributed by atoms with E-state index in [4.69, 9.17) is 4.74 Å². The highest BCUT2D eigenvalue weighted by Crippen LogP contribution is 2.35. The maximum atomic E-state index is 11.2. The number of nitrogens with zero attached hydrogens (tertiary/aromatic N) is 4. The molecule has 19 heavy (non-hydrogen) atoms. The molecule has 0 amide bonds. The van der Waals surface area contributed by atoms with Crippen molar-refractivity contribution in [2.24, 2.45) is 5.92 Å². The number of rotatable bonds is 5. The maximum Gasteiger partial charge on any atom is 0.372 e. The molecule has 8 heteroatoms. The van der Waals surface area contributed by atoms with Gasteiger partial charge in [-0.15, -0.1) is 0 Å². The summed E-state index contributed by atoms with van der Waals surface area (Å²) in [4.78, 5) is 20.5. The van der Waals surface area contributed by atoms with E-state index >= 15 is 0 Å². The normalized spacial score (nSPS) is 18.6. The molecule has 0 saturated carbocycles. The molecule has 104 valence electrons. The molecule has 1 N–H and O–H groups in total. The predicted octanol–water partition coefficient (Wildman–Crippen LogP) is 0.439. The fourth-order valence-corrected chi connectivity index (χ4v) is 2.37. The Balaban J connectivity index is 2.28. The Hall–Kier alpha value is -1.96. The van der Waals surface area contributed by atoms with Crippen LogP contribution < -0.4 is 15.0 Å². The number of nitrogens with one attached hydrogen (secondary N) is 1. The third-order valence-electron chi connectivity index (χ3n) is 3.22. The average molecular weight is 267 g/mol. The lowest BCUT2D eigenvalue weighted by Crippen LogP contribution is -2.25. The van der Waals surface area contributed by atoms with Gasteiger partial charge in [0, 0.05) is 13.1 Å². The van der Waals surface area contributed by atoms with Gasteiger partial charge in [0.1, 0.15) is 6.33 Å². The predicted molar refractivity (Wildman–Crippen MR) is 69.5 cm³/mol. The van der Waals surface area contributed by atoms with Crippen LogP contribution in [0.25, 0.3) is 0 Å². The molecular weight excluding hydrogens is 250 g/mol. The number of hydrogen-bond acceptors (Lipinski definition) is 7. The van der Waals surface area contributed by atoms with Crippen LogP contribution >= 0.6 is 0 Å². The van der Waals surface area contributed by atoms with Gasteiger partial charge >= 0.3 is 5.69 Å². The van der Waals surface area contributed by atoms with E-state index in [-0.39, 0.29) is 11.6 Å². The molecule has 0 spiro atoms. The summed E-state index contributed by atoms with van der Waals surface area (Å²) >= 11 is 0. The molecule has 1 fully saturated rings. The lowest BCUT2D eigenvalue weighted by Gasteiger charge is -2.17. The lowest BCUT2D eigenvalue weighted by atomic mass is 10.1. The summed E-state index contributed by atoms with van der Waals surface area (Å²) in [5.74, 6) is 0.827. The smallest absolute Gasteiger partial charge is 0.372 e. The van der Waals surface area contributed by atoms with E-state index in [0.29, 0.717) is 11.7 Å². The van der Waals surface area contributed by atoms with Gasteiger partial charge in [0.25, 0.3) is 5.88 Å². The molecule has 0 radical (unpaired) electrons. The van der Waals surface area contributed by atoms with Crippen molar-refractivity contribution in [3.8, 4) is 5.88 Å². The van der Waals surface area contributed by atoms with E-state index < -0.39 is 4.92 Å². The largest absolute Gasteiger partial charge is 0.476 e. The number of anilines is 1. The van der Waals surface area contributed by atoms with Gasteiger partial charge in [0.05, 0.1) is 12.0 Å². The molecule has 2 heterocycles. The fourth-order valence-electron chi connectivity index (χ4n) is 2.37. The first-order valence-corrected chi connectivity index (χ1v) is 6.10. The quantitative estimate of drug-likeness (QED) is 0.611. The molecule has 0 aliphatic carbocycles. The molecule has 1 aromatic rings. The monoisotopic (exact) mass is 267 g/mol. The number of nitro groups is 1. The zero-order valence-corrected chi connectivity index (χ0v) is 11.0. The molecule has 1 aliphatic heterocycles. The van der Waals surface area contributed by atoms with E-state index in [1.807, 2.05) is 11.9 Å². The molecule has 1 aromatic heterocycles. The lowest BCUT2D eigenvalue weighted by molar-refractivity contribution is -0.385. The van der Waals surface area contributed by atoms with Crippen LogP contribution in [-0.4, -0.2) is 48.7 Å². The Morgan fingerprint density at radius 2 is 2.42 bits per heavy atom. The minimum atomic E-state index is -0.487. The van der Waals surface area contributed by atoms with Gasteiger partial charge in [0.15, 0.2) is 0 Å². The first-order chi connectivity index (χ1) is 9.17. The van der Waals surface area contributed by atoms with E-state index in [1.165, 1.54) is 13.4 Å². The minimum Gasteiger partial charge on any atom is -0.476 e. The Morgan fingerprint density at radius 1 is 1.63 bits per heavy atom. The molecule has 8 nitrogen and oxygen atoms in total. The Labute approximate surface area is 110 Å². The van der Waals surface area contributed by atoms with E-state index in [0.717, 1.165) is 26.1 Å². The third kappa shape index (κ3) is 2.73. The van der Waals surface area contributed by atoms with Crippen LogP contribution in [0, 0.1) is 16.0 Å². The molecule has 2 rings (SSSR count). The van der Waals surface area contributed by atoms with Gasteiger partial charge in [0.2, 0.25) is 5.82 Å². The van der Waals surface area contributed by atoms with Crippen LogP contribution in [-0.2, 0) is 0 Å². The highest BCUT2D eigenvalue weighted by molar-refractivity contribution is 5.63. The molecular formula is C11H17N5O3. The van der Waals surface area contributed by atoms with Crippen LogP contribution in [0.15, 0.2) is 6.33 Å². The van der Waals surface area contributed by atoms with Crippen molar-refractivity contribution in [2.75, 3.05) is 38.7 Å². The second kappa shape index (κ2) is 5.79. The number of hydrogen-bond donors (Lipinski definition) is 1. The first kappa shape index (κ1) is 13.5. The highest BCUT2D eigenvalue weighted by Gasteiger charge is 2.32. The first-order valence-electron chi connectivity index (χ1n) is 6.10. The average Bonchev–Trinajstić information content (AvgIpc) is 2.86. The van der Waals surface area contributed by atoms with Crippen molar-refractivity contribution >= 4 is 11.5 Å².